The predicted molar refractivity (Wildman–Crippen MR) is 113 cm³/mol. The van der Waals surface area contributed by atoms with Crippen LogP contribution in [0.25, 0.3) is 0 Å². The van der Waals surface area contributed by atoms with Gasteiger partial charge in [-0.2, -0.15) is 0 Å². The van der Waals surface area contributed by atoms with Crippen LogP contribution < -0.4 is 0 Å². The van der Waals surface area contributed by atoms with E-state index in [0.717, 1.165) is 25.7 Å². The Labute approximate surface area is 171 Å². The van der Waals surface area contributed by atoms with E-state index in [1.807, 2.05) is 24.3 Å². The molecule has 5 rings (SSSR count). The number of hydrogen-bond acceptors (Lipinski definition) is 2. The second-order valence-electron chi connectivity index (χ2n) is 8.07. The van der Waals surface area contributed by atoms with Gasteiger partial charge in [0.05, 0.1) is 11.1 Å². The summed E-state index contributed by atoms with van der Waals surface area (Å²) in [5.41, 5.74) is 3.64. The number of carbonyl (C=O) groups excluding carboxylic acids is 2. The van der Waals surface area contributed by atoms with Crippen LogP contribution in [0.3, 0.4) is 0 Å². The van der Waals surface area contributed by atoms with Crippen molar-refractivity contribution < 1.29 is 9.59 Å². The van der Waals surface area contributed by atoms with Gasteiger partial charge in [-0.15, -0.1) is 0 Å². The molecule has 0 spiro atoms. The Kier molecular flexibility index (Phi) is 4.31. The van der Waals surface area contributed by atoms with E-state index in [1.54, 1.807) is 12.1 Å². The van der Waals surface area contributed by atoms with Crippen molar-refractivity contribution in [3.63, 3.8) is 0 Å². The lowest BCUT2D eigenvalue weighted by molar-refractivity contribution is 0.0527. The monoisotopic (exact) mass is 381 g/mol. The molecule has 3 aromatic rings. The molecule has 0 atom stereocenters. The van der Waals surface area contributed by atoms with Gasteiger partial charge in [0.25, 0.3) is 11.8 Å². The fourth-order valence-corrected chi connectivity index (χ4v) is 5.15. The molecule has 1 saturated carbocycles. The third-order valence-corrected chi connectivity index (χ3v) is 6.65. The Bertz CT molecular complexity index is 974. The van der Waals surface area contributed by atoms with Crippen molar-refractivity contribution in [2.75, 3.05) is 0 Å². The zero-order valence-corrected chi connectivity index (χ0v) is 16.3. The topological polar surface area (TPSA) is 37.4 Å². The molecule has 1 heterocycles. The SMILES string of the molecule is O=C1c2ccccc2C(=O)N1C1CCC(c2ccccc2)(c2ccccc2)CC1. The van der Waals surface area contributed by atoms with E-state index in [0.29, 0.717) is 11.1 Å². The van der Waals surface area contributed by atoms with Gasteiger partial charge in [0, 0.05) is 11.5 Å². The molecule has 29 heavy (non-hydrogen) atoms. The smallest absolute Gasteiger partial charge is 0.261 e. The minimum Gasteiger partial charge on any atom is -0.271 e. The summed E-state index contributed by atoms with van der Waals surface area (Å²) in [5.74, 6) is -0.273. The van der Waals surface area contributed by atoms with Gasteiger partial charge in [0.2, 0.25) is 0 Å². The van der Waals surface area contributed by atoms with Gasteiger partial charge in [-0.25, -0.2) is 0 Å². The number of imide groups is 1. The van der Waals surface area contributed by atoms with Crippen LogP contribution in [-0.2, 0) is 5.41 Å². The normalized spacial score (nSPS) is 18.7. The van der Waals surface area contributed by atoms with Crippen LogP contribution >= 0.6 is 0 Å². The molecule has 0 aromatic heterocycles. The first kappa shape index (κ1) is 17.9. The second kappa shape index (κ2) is 7.00. The third-order valence-electron chi connectivity index (χ3n) is 6.65. The van der Waals surface area contributed by atoms with Crippen LogP contribution in [0.2, 0.25) is 0 Å². The summed E-state index contributed by atoms with van der Waals surface area (Å²) in [4.78, 5) is 27.3. The minimum atomic E-state index is -0.137. The van der Waals surface area contributed by atoms with Gasteiger partial charge in [-0.3, -0.25) is 14.5 Å². The molecule has 2 aliphatic rings. The lowest BCUT2D eigenvalue weighted by Crippen LogP contribution is -2.45. The van der Waals surface area contributed by atoms with Crippen molar-refractivity contribution in [3.8, 4) is 0 Å². The number of amides is 2. The van der Waals surface area contributed by atoms with Crippen molar-refractivity contribution in [2.24, 2.45) is 0 Å². The number of nitrogens with zero attached hydrogens (tertiary/aromatic N) is 1. The Hall–Kier alpha value is -3.20. The van der Waals surface area contributed by atoms with E-state index in [1.165, 1.54) is 16.0 Å². The summed E-state index contributed by atoms with van der Waals surface area (Å²) in [6.07, 6.45) is 3.46. The van der Waals surface area contributed by atoms with Crippen LogP contribution in [0.1, 0.15) is 57.5 Å². The summed E-state index contributed by atoms with van der Waals surface area (Å²) in [5, 5.41) is 0. The van der Waals surface area contributed by atoms with Gasteiger partial charge in [-0.1, -0.05) is 72.8 Å². The maximum atomic E-state index is 12.9. The Morgan fingerprint density at radius 1 is 0.621 bits per heavy atom. The van der Waals surface area contributed by atoms with Crippen molar-refractivity contribution >= 4 is 11.8 Å². The Morgan fingerprint density at radius 2 is 1.03 bits per heavy atom. The molecular formula is C26H23NO2. The first-order valence-electron chi connectivity index (χ1n) is 10.3. The quantitative estimate of drug-likeness (QED) is 0.584. The Morgan fingerprint density at radius 3 is 1.48 bits per heavy atom. The molecule has 0 unspecified atom stereocenters. The molecule has 3 nitrogen and oxygen atoms in total. The summed E-state index contributed by atoms with van der Waals surface area (Å²) in [6, 6.07) is 28.4. The third kappa shape index (κ3) is 2.80. The Balaban J connectivity index is 1.45. The van der Waals surface area contributed by atoms with Crippen molar-refractivity contribution in [1.29, 1.82) is 0 Å². The van der Waals surface area contributed by atoms with E-state index in [2.05, 4.69) is 48.5 Å². The lowest BCUT2D eigenvalue weighted by Gasteiger charge is -2.43. The average Bonchev–Trinajstić information content (AvgIpc) is 3.05. The van der Waals surface area contributed by atoms with Crippen LogP contribution in [0.15, 0.2) is 84.9 Å². The fourth-order valence-electron chi connectivity index (χ4n) is 5.15. The largest absolute Gasteiger partial charge is 0.271 e. The molecule has 3 aromatic carbocycles. The first-order chi connectivity index (χ1) is 14.2. The molecular weight excluding hydrogens is 358 g/mol. The van der Waals surface area contributed by atoms with Gasteiger partial charge < -0.3 is 0 Å². The predicted octanol–water partition coefficient (Wildman–Crippen LogP) is 5.21. The van der Waals surface area contributed by atoms with Gasteiger partial charge in [0.15, 0.2) is 0 Å². The van der Waals surface area contributed by atoms with E-state index < -0.39 is 0 Å². The number of benzene rings is 3. The number of rotatable bonds is 3. The average molecular weight is 381 g/mol. The molecule has 1 aliphatic heterocycles. The molecule has 2 amide bonds. The summed E-state index contributed by atoms with van der Waals surface area (Å²) in [6.45, 7) is 0. The molecule has 0 N–H and O–H groups in total. The number of hydrogen-bond donors (Lipinski definition) is 0. The fraction of sp³-hybridized carbons (Fsp3) is 0.231. The van der Waals surface area contributed by atoms with Gasteiger partial charge in [-0.05, 0) is 48.9 Å². The maximum absolute atomic E-state index is 12.9. The lowest BCUT2D eigenvalue weighted by atomic mass is 9.64. The van der Waals surface area contributed by atoms with Crippen LogP contribution in [0.4, 0.5) is 0 Å². The highest BCUT2D eigenvalue weighted by Crippen LogP contribution is 2.46. The zero-order chi connectivity index (χ0) is 19.8. The summed E-state index contributed by atoms with van der Waals surface area (Å²) in [7, 11) is 0. The van der Waals surface area contributed by atoms with Crippen molar-refractivity contribution in [2.45, 2.75) is 37.1 Å². The van der Waals surface area contributed by atoms with E-state index >= 15 is 0 Å². The van der Waals surface area contributed by atoms with Crippen molar-refractivity contribution in [1.82, 2.24) is 4.90 Å². The molecule has 1 fully saturated rings. The molecule has 0 bridgehead atoms. The van der Waals surface area contributed by atoms with E-state index in [4.69, 9.17) is 0 Å². The summed E-state index contributed by atoms with van der Waals surface area (Å²) < 4.78 is 0. The highest BCUT2D eigenvalue weighted by atomic mass is 16.2. The highest BCUT2D eigenvalue weighted by Gasteiger charge is 2.45. The minimum absolute atomic E-state index is 0.0389. The number of fused-ring (bicyclic) bond motifs is 1. The van der Waals surface area contributed by atoms with Crippen LogP contribution in [-0.4, -0.2) is 22.8 Å². The van der Waals surface area contributed by atoms with E-state index in [-0.39, 0.29) is 23.3 Å². The van der Waals surface area contributed by atoms with Gasteiger partial charge in [0.1, 0.15) is 0 Å². The van der Waals surface area contributed by atoms with Crippen LogP contribution in [0, 0.1) is 0 Å². The molecule has 1 aliphatic carbocycles. The zero-order valence-electron chi connectivity index (χ0n) is 16.3. The number of carbonyl (C=O) groups is 2. The first-order valence-corrected chi connectivity index (χ1v) is 10.3. The molecule has 3 heteroatoms. The van der Waals surface area contributed by atoms with Gasteiger partial charge >= 0.3 is 0 Å². The van der Waals surface area contributed by atoms with E-state index in [9.17, 15) is 9.59 Å². The summed E-state index contributed by atoms with van der Waals surface area (Å²) >= 11 is 0. The highest BCUT2D eigenvalue weighted by molar-refractivity contribution is 6.21. The standard InChI is InChI=1S/C26H23NO2/c28-24-22-13-7-8-14-23(22)25(29)27(24)21-15-17-26(18-16-21,19-9-3-1-4-10-19)20-11-5-2-6-12-20/h1-14,21H,15-18H2. The molecule has 0 saturated heterocycles. The van der Waals surface area contributed by atoms with Crippen LogP contribution in [0.5, 0.6) is 0 Å². The second-order valence-corrected chi connectivity index (χ2v) is 8.07. The van der Waals surface area contributed by atoms with Crippen molar-refractivity contribution in [3.05, 3.63) is 107 Å². The molecule has 0 radical (unpaired) electrons. The maximum Gasteiger partial charge on any atom is 0.261 e. The molecule has 144 valence electrons.